The van der Waals surface area contributed by atoms with Crippen molar-refractivity contribution in [1.82, 2.24) is 15.0 Å². The van der Waals surface area contributed by atoms with Crippen LogP contribution in [-0.2, 0) is 0 Å². The van der Waals surface area contributed by atoms with Gasteiger partial charge in [-0.05, 0) is 36.4 Å². The summed E-state index contributed by atoms with van der Waals surface area (Å²) in [6, 6.07) is 16.1. The van der Waals surface area contributed by atoms with Crippen molar-refractivity contribution in [3.8, 4) is 22.8 Å². The van der Waals surface area contributed by atoms with Crippen LogP contribution in [0.5, 0.6) is 0 Å². The molecule has 4 heterocycles. The van der Waals surface area contributed by atoms with Gasteiger partial charge in [0.05, 0.1) is 63.1 Å². The molecule has 5 heteroatoms. The summed E-state index contributed by atoms with van der Waals surface area (Å²) in [4.78, 5) is 16.2. The Bertz CT molecular complexity index is 882. The fraction of sp³-hybridized carbons (Fsp3) is 0.286. The van der Waals surface area contributed by atoms with Gasteiger partial charge in [0.15, 0.2) is 0 Å². The number of hydrogen-bond donors (Lipinski definition) is 0. The van der Waals surface area contributed by atoms with Crippen molar-refractivity contribution in [2.75, 3.05) is 45.2 Å². The van der Waals surface area contributed by atoms with Crippen LogP contribution in [0.1, 0.15) is 0 Å². The predicted molar refractivity (Wildman–Crippen MR) is 105 cm³/mol. The minimum absolute atomic E-state index is 0.868. The van der Waals surface area contributed by atoms with Crippen molar-refractivity contribution in [3.05, 3.63) is 60.9 Å². The number of rotatable bonds is 3. The van der Waals surface area contributed by atoms with E-state index in [1.165, 1.54) is 5.69 Å². The molecule has 3 aromatic heterocycles. The summed E-state index contributed by atoms with van der Waals surface area (Å²) in [6.45, 7) is 4.45. The Labute approximate surface area is 154 Å². The average molecular weight is 346 g/mol. The summed E-state index contributed by atoms with van der Waals surface area (Å²) in [5.41, 5.74) is 4.75. The predicted octanol–water partition coefficient (Wildman–Crippen LogP) is 3.10. The van der Waals surface area contributed by atoms with E-state index in [2.05, 4.69) is 41.1 Å². The third kappa shape index (κ3) is 3.58. The van der Waals surface area contributed by atoms with Crippen molar-refractivity contribution in [3.63, 3.8) is 0 Å². The Morgan fingerprint density at radius 2 is 1.46 bits per heavy atom. The quantitative estimate of drug-likeness (QED) is 0.684. The van der Waals surface area contributed by atoms with Crippen LogP contribution in [0.15, 0.2) is 60.9 Å². The van der Waals surface area contributed by atoms with Gasteiger partial charge in [0.2, 0.25) is 0 Å². The Kier molecular flexibility index (Phi) is 4.39. The maximum Gasteiger partial charge on any atom is 0.0961 e. The standard InChI is InChI=1S/C21H24N5/c1-26(2)14-12-25(13-15-26)17-9-11-23-21(16-17)20-8-5-7-19(24-20)18-6-3-4-10-22-18/h3-11,16H,12-15H2,1-2H3/q+1. The molecule has 0 spiro atoms. The molecule has 0 aromatic carbocycles. The van der Waals surface area contributed by atoms with Crippen LogP contribution in [-0.4, -0.2) is 59.7 Å². The highest BCUT2D eigenvalue weighted by Gasteiger charge is 2.24. The monoisotopic (exact) mass is 346 g/mol. The molecule has 0 N–H and O–H groups in total. The van der Waals surface area contributed by atoms with Gasteiger partial charge in [0.25, 0.3) is 0 Å². The summed E-state index contributed by atoms with van der Waals surface area (Å²) in [5, 5.41) is 0. The maximum absolute atomic E-state index is 4.78. The molecule has 132 valence electrons. The lowest BCUT2D eigenvalue weighted by Crippen LogP contribution is -2.54. The van der Waals surface area contributed by atoms with Gasteiger partial charge < -0.3 is 9.38 Å². The van der Waals surface area contributed by atoms with Gasteiger partial charge in [-0.3, -0.25) is 9.97 Å². The van der Waals surface area contributed by atoms with Crippen LogP contribution >= 0.6 is 0 Å². The van der Waals surface area contributed by atoms with E-state index in [1.54, 1.807) is 6.20 Å². The van der Waals surface area contributed by atoms with Crippen LogP contribution in [0.25, 0.3) is 22.8 Å². The summed E-state index contributed by atoms with van der Waals surface area (Å²) in [7, 11) is 4.59. The summed E-state index contributed by atoms with van der Waals surface area (Å²) >= 11 is 0. The zero-order valence-corrected chi connectivity index (χ0v) is 15.3. The summed E-state index contributed by atoms with van der Waals surface area (Å²) in [6.07, 6.45) is 3.67. The van der Waals surface area contributed by atoms with E-state index in [0.717, 1.165) is 53.4 Å². The first kappa shape index (κ1) is 16.7. The lowest BCUT2D eigenvalue weighted by Gasteiger charge is -2.40. The third-order valence-corrected chi connectivity index (χ3v) is 5.00. The number of likely N-dealkylation sites (N-methyl/N-ethyl adjacent to an activating group) is 1. The number of aromatic nitrogens is 3. The van der Waals surface area contributed by atoms with E-state index in [4.69, 9.17) is 4.98 Å². The van der Waals surface area contributed by atoms with Crippen molar-refractivity contribution in [1.29, 1.82) is 0 Å². The van der Waals surface area contributed by atoms with Crippen LogP contribution in [0.3, 0.4) is 0 Å². The molecule has 0 radical (unpaired) electrons. The molecular formula is C21H24N5+. The van der Waals surface area contributed by atoms with E-state index in [0.29, 0.717) is 0 Å². The topological polar surface area (TPSA) is 41.9 Å². The smallest absolute Gasteiger partial charge is 0.0961 e. The molecule has 0 unspecified atom stereocenters. The van der Waals surface area contributed by atoms with Gasteiger partial charge in [0.1, 0.15) is 0 Å². The minimum atomic E-state index is 0.868. The zero-order chi connectivity index (χ0) is 18.0. The Balaban J connectivity index is 1.61. The SMILES string of the molecule is C[N+]1(C)CCN(c2ccnc(-c3cccc(-c4ccccn4)n3)c2)CC1. The highest BCUT2D eigenvalue weighted by molar-refractivity contribution is 5.65. The Hall–Kier alpha value is -2.79. The third-order valence-electron chi connectivity index (χ3n) is 5.00. The molecule has 0 atom stereocenters. The molecule has 4 rings (SSSR count). The van der Waals surface area contributed by atoms with E-state index in [9.17, 15) is 0 Å². The van der Waals surface area contributed by atoms with E-state index >= 15 is 0 Å². The Morgan fingerprint density at radius 1 is 0.769 bits per heavy atom. The second kappa shape index (κ2) is 6.84. The molecular weight excluding hydrogens is 322 g/mol. The van der Waals surface area contributed by atoms with Gasteiger partial charge in [-0.2, -0.15) is 0 Å². The van der Waals surface area contributed by atoms with Crippen molar-refractivity contribution >= 4 is 5.69 Å². The highest BCUT2D eigenvalue weighted by atomic mass is 15.4. The lowest BCUT2D eigenvalue weighted by atomic mass is 10.1. The van der Waals surface area contributed by atoms with Crippen LogP contribution in [0, 0.1) is 0 Å². The van der Waals surface area contributed by atoms with Crippen LogP contribution in [0.2, 0.25) is 0 Å². The average Bonchev–Trinajstić information content (AvgIpc) is 2.69. The molecule has 0 amide bonds. The van der Waals surface area contributed by atoms with Gasteiger partial charge in [-0.15, -0.1) is 0 Å². The fourth-order valence-electron chi connectivity index (χ4n) is 3.26. The molecule has 1 aliphatic rings. The van der Waals surface area contributed by atoms with E-state index in [-0.39, 0.29) is 0 Å². The second-order valence-corrected chi connectivity index (χ2v) is 7.39. The Morgan fingerprint density at radius 3 is 2.19 bits per heavy atom. The molecule has 0 saturated carbocycles. The molecule has 1 fully saturated rings. The van der Waals surface area contributed by atoms with Crippen LogP contribution in [0.4, 0.5) is 5.69 Å². The summed E-state index contributed by atoms with van der Waals surface area (Å²) < 4.78 is 1.09. The second-order valence-electron chi connectivity index (χ2n) is 7.39. The molecule has 3 aromatic rings. The summed E-state index contributed by atoms with van der Waals surface area (Å²) in [5.74, 6) is 0. The van der Waals surface area contributed by atoms with Gasteiger partial charge in [-0.1, -0.05) is 12.1 Å². The van der Waals surface area contributed by atoms with Gasteiger partial charge in [0, 0.05) is 18.1 Å². The van der Waals surface area contributed by atoms with E-state index < -0.39 is 0 Å². The largest absolute Gasteiger partial charge is 0.360 e. The van der Waals surface area contributed by atoms with Crippen molar-refractivity contribution in [2.45, 2.75) is 0 Å². The maximum atomic E-state index is 4.78. The normalized spacial score (nSPS) is 16.5. The van der Waals surface area contributed by atoms with Gasteiger partial charge in [-0.25, -0.2) is 4.98 Å². The van der Waals surface area contributed by atoms with Crippen molar-refractivity contribution < 1.29 is 4.48 Å². The van der Waals surface area contributed by atoms with Crippen molar-refractivity contribution in [2.24, 2.45) is 0 Å². The molecule has 0 bridgehead atoms. The molecule has 0 aliphatic carbocycles. The molecule has 1 aliphatic heterocycles. The molecule has 1 saturated heterocycles. The number of piperazine rings is 1. The van der Waals surface area contributed by atoms with E-state index in [1.807, 2.05) is 42.6 Å². The molecule has 5 nitrogen and oxygen atoms in total. The zero-order valence-electron chi connectivity index (χ0n) is 15.3. The number of anilines is 1. The van der Waals surface area contributed by atoms with Crippen LogP contribution < -0.4 is 4.90 Å². The highest BCUT2D eigenvalue weighted by Crippen LogP contribution is 2.24. The first-order valence-corrected chi connectivity index (χ1v) is 9.03. The first-order chi connectivity index (χ1) is 12.6. The first-order valence-electron chi connectivity index (χ1n) is 9.03. The fourth-order valence-corrected chi connectivity index (χ4v) is 3.26. The lowest BCUT2D eigenvalue weighted by molar-refractivity contribution is -0.890. The molecule has 26 heavy (non-hydrogen) atoms. The van der Waals surface area contributed by atoms with Gasteiger partial charge >= 0.3 is 0 Å². The minimum Gasteiger partial charge on any atom is -0.360 e. The number of quaternary nitrogens is 1. The number of pyridine rings is 3. The number of hydrogen-bond acceptors (Lipinski definition) is 4. The number of nitrogens with zero attached hydrogens (tertiary/aromatic N) is 5.